The molecule has 4 rings (SSSR count). The van der Waals surface area contributed by atoms with Gasteiger partial charge in [-0.25, -0.2) is 9.59 Å². The highest BCUT2D eigenvalue weighted by molar-refractivity contribution is 5.69. The number of halogens is 3. The summed E-state index contributed by atoms with van der Waals surface area (Å²) in [7, 11) is 0. The third-order valence-electron chi connectivity index (χ3n) is 6.72. The van der Waals surface area contributed by atoms with Crippen molar-refractivity contribution in [2.45, 2.75) is 58.1 Å². The molecule has 0 radical (unpaired) electrons. The van der Waals surface area contributed by atoms with Crippen molar-refractivity contribution in [3.8, 4) is 5.75 Å². The van der Waals surface area contributed by atoms with Gasteiger partial charge >= 0.3 is 18.4 Å². The number of carbonyl (C=O) groups is 2. The molecule has 0 N–H and O–H groups in total. The van der Waals surface area contributed by atoms with Gasteiger partial charge in [0.1, 0.15) is 24.1 Å². The number of rotatable bonds is 5. The molecule has 2 aliphatic heterocycles. The number of piperidine rings is 1. The molecule has 0 spiro atoms. The number of nitrogens with zero attached hydrogens (tertiary/aromatic N) is 3. The summed E-state index contributed by atoms with van der Waals surface area (Å²) in [4.78, 5) is 29.8. The van der Waals surface area contributed by atoms with Gasteiger partial charge in [0, 0.05) is 63.9 Å². The molecule has 8 nitrogen and oxygen atoms in total. The lowest BCUT2D eigenvalue weighted by Gasteiger charge is -2.37. The lowest BCUT2D eigenvalue weighted by molar-refractivity contribution is -0.137. The van der Waals surface area contributed by atoms with E-state index in [0.29, 0.717) is 57.8 Å². The maximum Gasteiger partial charge on any atom is 0.416 e. The fraction of sp³-hybridized carbons (Fsp3) is 0.517. The first-order chi connectivity index (χ1) is 18.9. The van der Waals surface area contributed by atoms with Crippen LogP contribution in [0.15, 0.2) is 48.5 Å². The van der Waals surface area contributed by atoms with E-state index in [9.17, 15) is 22.8 Å². The van der Waals surface area contributed by atoms with Crippen molar-refractivity contribution in [2.75, 3.05) is 44.2 Å². The second kappa shape index (κ2) is 12.3. The van der Waals surface area contributed by atoms with Crippen LogP contribution < -0.4 is 9.64 Å². The zero-order valence-electron chi connectivity index (χ0n) is 23.1. The van der Waals surface area contributed by atoms with Crippen LogP contribution in [0.3, 0.4) is 0 Å². The first-order valence-electron chi connectivity index (χ1n) is 13.4. The second-order valence-electron chi connectivity index (χ2n) is 11.0. The lowest BCUT2D eigenvalue weighted by Crippen LogP contribution is -2.50. The third kappa shape index (κ3) is 8.19. The Labute approximate surface area is 232 Å². The molecule has 2 aliphatic rings. The first kappa shape index (κ1) is 29.4. The van der Waals surface area contributed by atoms with Crippen molar-refractivity contribution in [2.24, 2.45) is 0 Å². The molecule has 0 bridgehead atoms. The summed E-state index contributed by atoms with van der Waals surface area (Å²) in [5, 5.41) is 0. The SMILES string of the molecule is CC(C)(C)OC(=O)N1CCN(c2cc(OC3CCN(C(=O)OCc4ccccc4)CC3)cc(C(F)(F)F)c2)CC1. The molecule has 0 aromatic heterocycles. The molecule has 2 aromatic carbocycles. The minimum atomic E-state index is -4.54. The molecule has 0 saturated carbocycles. The first-order valence-corrected chi connectivity index (χ1v) is 13.4. The molecule has 2 saturated heterocycles. The zero-order valence-corrected chi connectivity index (χ0v) is 23.1. The number of piperazine rings is 1. The number of amides is 2. The molecule has 0 atom stereocenters. The molecular formula is C29H36F3N3O5. The molecule has 2 heterocycles. The minimum absolute atomic E-state index is 0.129. The highest BCUT2D eigenvalue weighted by atomic mass is 19.4. The number of hydrogen-bond acceptors (Lipinski definition) is 6. The Morgan fingerprint density at radius 3 is 2.08 bits per heavy atom. The van der Waals surface area contributed by atoms with E-state index in [2.05, 4.69) is 0 Å². The Morgan fingerprint density at radius 2 is 1.48 bits per heavy atom. The molecule has 40 heavy (non-hydrogen) atoms. The largest absolute Gasteiger partial charge is 0.490 e. The Kier molecular flexibility index (Phi) is 9.00. The van der Waals surface area contributed by atoms with Crippen LogP contribution in [0.4, 0.5) is 28.4 Å². The molecule has 0 aliphatic carbocycles. The number of benzene rings is 2. The monoisotopic (exact) mass is 563 g/mol. The molecule has 2 aromatic rings. The Bertz CT molecular complexity index is 1150. The van der Waals surface area contributed by atoms with Crippen molar-refractivity contribution in [1.82, 2.24) is 9.80 Å². The average molecular weight is 564 g/mol. The Hall–Kier alpha value is -3.63. The normalized spacial score (nSPS) is 17.0. The zero-order chi connectivity index (χ0) is 28.9. The van der Waals surface area contributed by atoms with E-state index < -0.39 is 29.5 Å². The molecule has 218 valence electrons. The van der Waals surface area contributed by atoms with Gasteiger partial charge in [0.2, 0.25) is 0 Å². The number of ether oxygens (including phenoxy) is 3. The lowest BCUT2D eigenvalue weighted by atomic mass is 10.1. The highest BCUT2D eigenvalue weighted by Crippen LogP contribution is 2.36. The van der Waals surface area contributed by atoms with Crippen molar-refractivity contribution in [3.63, 3.8) is 0 Å². The van der Waals surface area contributed by atoms with E-state index in [1.807, 2.05) is 35.2 Å². The summed E-state index contributed by atoms with van der Waals surface area (Å²) in [5.41, 5.74) is -0.145. The highest BCUT2D eigenvalue weighted by Gasteiger charge is 2.34. The topological polar surface area (TPSA) is 71.6 Å². The van der Waals surface area contributed by atoms with Crippen LogP contribution in [0.2, 0.25) is 0 Å². The Balaban J connectivity index is 1.34. The van der Waals surface area contributed by atoms with Gasteiger partial charge in [-0.05, 0) is 38.5 Å². The predicted molar refractivity (Wildman–Crippen MR) is 143 cm³/mol. The van der Waals surface area contributed by atoms with Gasteiger partial charge in [-0.2, -0.15) is 13.2 Å². The van der Waals surface area contributed by atoms with Gasteiger partial charge in [0.25, 0.3) is 0 Å². The van der Waals surface area contributed by atoms with E-state index in [-0.39, 0.29) is 18.5 Å². The maximum atomic E-state index is 13.8. The van der Waals surface area contributed by atoms with E-state index in [0.717, 1.165) is 17.7 Å². The number of anilines is 1. The minimum Gasteiger partial charge on any atom is -0.490 e. The smallest absolute Gasteiger partial charge is 0.416 e. The van der Waals surface area contributed by atoms with Gasteiger partial charge in [0.05, 0.1) is 5.56 Å². The quantitative estimate of drug-likeness (QED) is 0.448. The number of alkyl halides is 3. The van der Waals surface area contributed by atoms with Crippen molar-refractivity contribution in [3.05, 3.63) is 59.7 Å². The van der Waals surface area contributed by atoms with Gasteiger partial charge in [0.15, 0.2) is 0 Å². The van der Waals surface area contributed by atoms with Crippen LogP contribution in [-0.4, -0.2) is 73.0 Å². The third-order valence-corrected chi connectivity index (χ3v) is 6.72. The van der Waals surface area contributed by atoms with E-state index >= 15 is 0 Å². The summed E-state index contributed by atoms with van der Waals surface area (Å²) in [6.45, 7) is 7.70. The number of hydrogen-bond donors (Lipinski definition) is 0. The summed E-state index contributed by atoms with van der Waals surface area (Å²) in [6.07, 6.45) is -4.79. The summed E-state index contributed by atoms with van der Waals surface area (Å²) in [5.74, 6) is 0.129. The molecule has 2 amide bonds. The number of likely N-dealkylation sites (tertiary alicyclic amines) is 1. The van der Waals surface area contributed by atoms with E-state index in [1.165, 1.54) is 0 Å². The molecule has 0 unspecified atom stereocenters. The summed E-state index contributed by atoms with van der Waals surface area (Å²) in [6, 6.07) is 13.1. The fourth-order valence-corrected chi connectivity index (χ4v) is 4.63. The molecule has 2 fully saturated rings. The van der Waals surface area contributed by atoms with Crippen LogP contribution in [0.1, 0.15) is 44.7 Å². The number of carbonyl (C=O) groups excluding carboxylic acids is 2. The molecule has 11 heteroatoms. The van der Waals surface area contributed by atoms with Gasteiger partial charge in [-0.3, -0.25) is 0 Å². The predicted octanol–water partition coefficient (Wildman–Crippen LogP) is 5.94. The molecular weight excluding hydrogens is 527 g/mol. The van der Waals surface area contributed by atoms with Crippen LogP contribution in [0.5, 0.6) is 5.75 Å². The van der Waals surface area contributed by atoms with E-state index in [4.69, 9.17) is 14.2 Å². The summed E-state index contributed by atoms with van der Waals surface area (Å²) < 4.78 is 58.1. The average Bonchev–Trinajstić information content (AvgIpc) is 2.91. The summed E-state index contributed by atoms with van der Waals surface area (Å²) >= 11 is 0. The van der Waals surface area contributed by atoms with Gasteiger partial charge < -0.3 is 28.9 Å². The standard InChI is InChI=1S/C29H36F3N3O5/c1-28(2,3)40-27(37)35-15-13-33(14-16-35)23-17-22(29(30,31)32)18-25(19-23)39-24-9-11-34(12-10-24)26(36)38-20-21-7-5-4-6-8-21/h4-8,17-19,24H,9-16,20H2,1-3H3. The maximum absolute atomic E-state index is 13.8. The van der Waals surface area contributed by atoms with Crippen molar-refractivity contribution >= 4 is 17.9 Å². The second-order valence-corrected chi connectivity index (χ2v) is 11.0. The van der Waals surface area contributed by atoms with Gasteiger partial charge in [-0.15, -0.1) is 0 Å². The van der Waals surface area contributed by atoms with Crippen LogP contribution in [-0.2, 0) is 22.3 Å². The van der Waals surface area contributed by atoms with Crippen LogP contribution in [0.25, 0.3) is 0 Å². The van der Waals surface area contributed by atoms with Crippen molar-refractivity contribution < 1.29 is 37.0 Å². The van der Waals surface area contributed by atoms with E-state index in [1.54, 1.807) is 36.6 Å². The Morgan fingerprint density at radius 1 is 0.850 bits per heavy atom. The fourth-order valence-electron chi connectivity index (χ4n) is 4.63. The van der Waals surface area contributed by atoms with Crippen LogP contribution >= 0.6 is 0 Å². The van der Waals surface area contributed by atoms with Crippen LogP contribution in [0, 0.1) is 0 Å². The van der Waals surface area contributed by atoms with Crippen molar-refractivity contribution in [1.29, 1.82) is 0 Å². The van der Waals surface area contributed by atoms with Gasteiger partial charge in [-0.1, -0.05) is 30.3 Å².